The summed E-state index contributed by atoms with van der Waals surface area (Å²) in [6.45, 7) is 8.79. The molecule has 2 aromatic heterocycles. The van der Waals surface area contributed by atoms with Gasteiger partial charge in [0.15, 0.2) is 0 Å². The predicted octanol–water partition coefficient (Wildman–Crippen LogP) is 2.94. The van der Waals surface area contributed by atoms with Gasteiger partial charge in [0.25, 0.3) is 0 Å². The summed E-state index contributed by atoms with van der Waals surface area (Å²) in [6.07, 6.45) is 1.03. The Morgan fingerprint density at radius 2 is 2.21 bits per heavy atom. The number of nitrogens with zero attached hydrogens (tertiary/aromatic N) is 4. The van der Waals surface area contributed by atoms with E-state index in [1.807, 2.05) is 18.2 Å². The van der Waals surface area contributed by atoms with E-state index >= 15 is 0 Å². The molecule has 1 aliphatic rings. The van der Waals surface area contributed by atoms with E-state index < -0.39 is 0 Å². The molecule has 0 aliphatic carbocycles. The van der Waals surface area contributed by atoms with Crippen LogP contribution in [0.1, 0.15) is 32.3 Å². The van der Waals surface area contributed by atoms with E-state index in [4.69, 9.17) is 9.47 Å². The first-order chi connectivity index (χ1) is 11.5. The lowest BCUT2D eigenvalue weighted by Crippen LogP contribution is -2.53. The quantitative estimate of drug-likeness (QED) is 0.767. The largest absolute Gasteiger partial charge is 0.481 e. The number of ether oxygens (including phenoxy) is 2. The lowest BCUT2D eigenvalue weighted by Gasteiger charge is -2.46. The molecule has 1 aliphatic heterocycles. The van der Waals surface area contributed by atoms with Gasteiger partial charge in [-0.3, -0.25) is 0 Å². The van der Waals surface area contributed by atoms with Crippen LogP contribution in [0.25, 0.3) is 0 Å². The molecule has 3 heterocycles. The standard InChI is InChI=1S/C17H24N4O2S/c1-5-14-19-16(24-20-14)21(10-13-17(2,3)11-23-13)9-12-7-6-8-15(18-12)22-4/h6-8,13H,5,9-11H2,1-4H3. The average Bonchev–Trinajstić information content (AvgIpc) is 3.06. The van der Waals surface area contributed by atoms with Crippen molar-refractivity contribution in [3.63, 3.8) is 0 Å². The summed E-state index contributed by atoms with van der Waals surface area (Å²) in [5.74, 6) is 1.51. The van der Waals surface area contributed by atoms with Gasteiger partial charge >= 0.3 is 0 Å². The lowest BCUT2D eigenvalue weighted by molar-refractivity contribution is -0.162. The van der Waals surface area contributed by atoms with Crippen LogP contribution < -0.4 is 9.64 Å². The van der Waals surface area contributed by atoms with Gasteiger partial charge in [-0.15, -0.1) is 0 Å². The van der Waals surface area contributed by atoms with Gasteiger partial charge in [0, 0.05) is 36.0 Å². The van der Waals surface area contributed by atoms with E-state index in [2.05, 4.69) is 40.0 Å². The Labute approximate surface area is 147 Å². The molecule has 0 amide bonds. The first-order valence-electron chi connectivity index (χ1n) is 8.21. The third-order valence-electron chi connectivity index (χ3n) is 4.30. The van der Waals surface area contributed by atoms with E-state index in [0.717, 1.165) is 36.2 Å². The fourth-order valence-corrected chi connectivity index (χ4v) is 3.37. The number of aromatic nitrogens is 3. The van der Waals surface area contributed by atoms with E-state index in [0.29, 0.717) is 12.4 Å². The molecule has 1 unspecified atom stereocenters. The van der Waals surface area contributed by atoms with Crippen LogP contribution in [-0.4, -0.2) is 40.7 Å². The zero-order valence-corrected chi connectivity index (χ0v) is 15.5. The van der Waals surface area contributed by atoms with E-state index in [9.17, 15) is 0 Å². The fourth-order valence-electron chi connectivity index (χ4n) is 2.62. The van der Waals surface area contributed by atoms with Crippen molar-refractivity contribution < 1.29 is 9.47 Å². The Hall–Kier alpha value is -1.73. The zero-order valence-electron chi connectivity index (χ0n) is 14.7. The summed E-state index contributed by atoms with van der Waals surface area (Å²) in [7, 11) is 1.63. The van der Waals surface area contributed by atoms with Gasteiger partial charge in [-0.2, -0.15) is 4.37 Å². The number of rotatable bonds is 7. The SMILES string of the molecule is CCc1nsc(N(Cc2cccc(OC)n2)CC2OCC2(C)C)n1. The molecule has 6 nitrogen and oxygen atoms in total. The molecule has 1 fully saturated rings. The summed E-state index contributed by atoms with van der Waals surface area (Å²) in [6, 6.07) is 5.82. The van der Waals surface area contributed by atoms with Gasteiger partial charge in [0.05, 0.1) is 32.1 Å². The molecule has 0 aromatic carbocycles. The molecule has 7 heteroatoms. The van der Waals surface area contributed by atoms with Crippen LogP contribution in [0, 0.1) is 5.41 Å². The molecule has 1 saturated heterocycles. The molecule has 1 atom stereocenters. The highest BCUT2D eigenvalue weighted by Crippen LogP contribution is 2.35. The summed E-state index contributed by atoms with van der Waals surface area (Å²) < 4.78 is 15.4. The number of pyridine rings is 1. The van der Waals surface area contributed by atoms with Crippen molar-refractivity contribution >= 4 is 16.7 Å². The first-order valence-corrected chi connectivity index (χ1v) is 8.98. The Morgan fingerprint density at radius 1 is 1.38 bits per heavy atom. The second-order valence-electron chi connectivity index (χ2n) is 6.69. The van der Waals surface area contributed by atoms with Gasteiger partial charge in [-0.05, 0) is 6.07 Å². The Bertz CT molecular complexity index is 689. The summed E-state index contributed by atoms with van der Waals surface area (Å²) >= 11 is 1.44. The molecule has 24 heavy (non-hydrogen) atoms. The van der Waals surface area contributed by atoms with Gasteiger partial charge in [-0.1, -0.05) is 26.8 Å². The van der Waals surface area contributed by atoms with Crippen LogP contribution in [0.15, 0.2) is 18.2 Å². The maximum absolute atomic E-state index is 5.78. The molecule has 0 N–H and O–H groups in total. The summed E-state index contributed by atoms with van der Waals surface area (Å²) in [5, 5.41) is 0.919. The Balaban J connectivity index is 1.80. The average molecular weight is 348 g/mol. The molecule has 130 valence electrons. The monoisotopic (exact) mass is 348 g/mol. The number of aryl methyl sites for hydroxylation is 1. The van der Waals surface area contributed by atoms with Gasteiger partial charge in [-0.25, -0.2) is 9.97 Å². The van der Waals surface area contributed by atoms with Gasteiger partial charge in [0.2, 0.25) is 11.0 Å². The zero-order chi connectivity index (χ0) is 17.2. The second kappa shape index (κ2) is 7.03. The second-order valence-corrected chi connectivity index (χ2v) is 7.42. The molecule has 3 rings (SSSR count). The van der Waals surface area contributed by atoms with Crippen LogP contribution >= 0.6 is 11.5 Å². The third-order valence-corrected chi connectivity index (χ3v) is 5.12. The molecule has 0 bridgehead atoms. The smallest absolute Gasteiger partial charge is 0.213 e. The number of hydrogen-bond donors (Lipinski definition) is 0. The highest BCUT2D eigenvalue weighted by molar-refractivity contribution is 7.09. The number of hydrogen-bond acceptors (Lipinski definition) is 7. The minimum atomic E-state index is 0.192. The normalized spacial score (nSPS) is 18.9. The number of methoxy groups -OCH3 is 1. The van der Waals surface area contributed by atoms with Crippen molar-refractivity contribution in [1.29, 1.82) is 0 Å². The first kappa shape index (κ1) is 17.1. The minimum Gasteiger partial charge on any atom is -0.481 e. The van der Waals surface area contributed by atoms with Crippen molar-refractivity contribution in [1.82, 2.24) is 14.3 Å². The van der Waals surface area contributed by atoms with Crippen LogP contribution in [0.5, 0.6) is 5.88 Å². The highest BCUT2D eigenvalue weighted by atomic mass is 32.1. The highest BCUT2D eigenvalue weighted by Gasteiger charge is 2.41. The lowest BCUT2D eigenvalue weighted by atomic mass is 9.82. The maximum Gasteiger partial charge on any atom is 0.213 e. The number of anilines is 1. The van der Waals surface area contributed by atoms with Crippen LogP contribution in [0.3, 0.4) is 0 Å². The van der Waals surface area contributed by atoms with Gasteiger partial charge in [0.1, 0.15) is 5.82 Å². The summed E-state index contributed by atoms with van der Waals surface area (Å²) in [4.78, 5) is 11.4. The molecular formula is C17H24N4O2S. The Morgan fingerprint density at radius 3 is 2.79 bits per heavy atom. The van der Waals surface area contributed by atoms with Crippen molar-refractivity contribution in [2.45, 2.75) is 39.8 Å². The van der Waals surface area contributed by atoms with E-state index in [1.165, 1.54) is 11.5 Å². The third kappa shape index (κ3) is 3.67. The van der Waals surface area contributed by atoms with Crippen LogP contribution in [0.4, 0.5) is 5.13 Å². The molecule has 0 spiro atoms. The topological polar surface area (TPSA) is 60.4 Å². The van der Waals surface area contributed by atoms with Crippen molar-refractivity contribution in [3.05, 3.63) is 29.7 Å². The molecular weight excluding hydrogens is 324 g/mol. The van der Waals surface area contributed by atoms with Crippen molar-refractivity contribution in [2.24, 2.45) is 5.41 Å². The van der Waals surface area contributed by atoms with Crippen LogP contribution in [0.2, 0.25) is 0 Å². The molecule has 2 aromatic rings. The minimum absolute atomic E-state index is 0.192. The molecule has 0 radical (unpaired) electrons. The van der Waals surface area contributed by atoms with E-state index in [-0.39, 0.29) is 11.5 Å². The fraction of sp³-hybridized carbons (Fsp3) is 0.588. The van der Waals surface area contributed by atoms with E-state index in [1.54, 1.807) is 7.11 Å². The predicted molar refractivity (Wildman–Crippen MR) is 94.6 cm³/mol. The van der Waals surface area contributed by atoms with Crippen LogP contribution in [-0.2, 0) is 17.7 Å². The Kier molecular flexibility index (Phi) is 5.01. The molecule has 0 saturated carbocycles. The van der Waals surface area contributed by atoms with Gasteiger partial charge < -0.3 is 14.4 Å². The maximum atomic E-state index is 5.78. The van der Waals surface area contributed by atoms with Crippen molar-refractivity contribution in [2.75, 3.05) is 25.2 Å². The summed E-state index contributed by atoms with van der Waals surface area (Å²) in [5.41, 5.74) is 1.14. The van der Waals surface area contributed by atoms with Crippen molar-refractivity contribution in [3.8, 4) is 5.88 Å².